The lowest BCUT2D eigenvalue weighted by molar-refractivity contribution is -0.140. The van der Waals surface area contributed by atoms with Gasteiger partial charge in [0.1, 0.15) is 11.0 Å². The highest BCUT2D eigenvalue weighted by Gasteiger charge is 2.61. The van der Waals surface area contributed by atoms with Crippen LogP contribution in [0.15, 0.2) is 53.9 Å². The molecule has 3 N–H and O–H groups in total. The van der Waals surface area contributed by atoms with Crippen LogP contribution >= 0.6 is 0 Å². The van der Waals surface area contributed by atoms with Crippen LogP contribution < -0.4 is 15.8 Å². The van der Waals surface area contributed by atoms with E-state index in [1.54, 1.807) is 18.5 Å². The Hall–Kier alpha value is -4.07. The number of anilines is 1. The highest BCUT2D eigenvalue weighted by Crippen LogP contribution is 2.55. The quantitative estimate of drug-likeness (QED) is 0.601. The number of benzene rings is 2. The lowest BCUT2D eigenvalue weighted by atomic mass is 9.68. The minimum atomic E-state index is -1.55. The number of fused-ring (bicyclic) bond motifs is 4. The molecule has 0 aliphatic carbocycles. The van der Waals surface area contributed by atoms with Gasteiger partial charge in [-0.2, -0.15) is 5.10 Å². The molecule has 0 bridgehead atoms. The number of carbonyl (C=O) groups is 2. The summed E-state index contributed by atoms with van der Waals surface area (Å²) in [6.45, 7) is 7.49. The van der Waals surface area contributed by atoms with E-state index in [1.165, 1.54) is 0 Å². The van der Waals surface area contributed by atoms with Crippen LogP contribution in [0.1, 0.15) is 34.9 Å². The molecule has 1 unspecified atom stereocenters. The van der Waals surface area contributed by atoms with Crippen molar-refractivity contribution in [2.24, 2.45) is 5.73 Å². The van der Waals surface area contributed by atoms with Crippen molar-refractivity contribution >= 4 is 17.6 Å². The summed E-state index contributed by atoms with van der Waals surface area (Å²) in [7, 11) is 0. The molecule has 1 atom stereocenters. The monoisotopic (exact) mass is 444 g/mol. The van der Waals surface area contributed by atoms with Crippen molar-refractivity contribution in [2.75, 3.05) is 11.9 Å². The number of aryl methyl sites for hydroxylation is 3. The Morgan fingerprint density at radius 2 is 1.94 bits per heavy atom. The average molecular weight is 444 g/mol. The molecule has 2 aromatic carbocycles. The molecule has 33 heavy (non-hydrogen) atoms. The molecule has 0 saturated carbocycles. The number of ether oxygens (including phenoxy) is 2. The lowest BCUT2D eigenvalue weighted by Gasteiger charge is -2.34. The molecule has 3 heterocycles. The zero-order valence-corrected chi connectivity index (χ0v) is 18.9. The van der Waals surface area contributed by atoms with Gasteiger partial charge in [-0.25, -0.2) is 9.48 Å². The van der Waals surface area contributed by atoms with Crippen molar-refractivity contribution in [3.05, 3.63) is 81.9 Å². The Kier molecular flexibility index (Phi) is 4.56. The van der Waals surface area contributed by atoms with Crippen molar-refractivity contribution in [1.29, 1.82) is 0 Å². The Balaban J connectivity index is 1.91. The van der Waals surface area contributed by atoms with E-state index in [-0.39, 0.29) is 18.1 Å². The second-order valence-corrected chi connectivity index (χ2v) is 8.28. The van der Waals surface area contributed by atoms with Crippen LogP contribution in [-0.4, -0.2) is 28.3 Å². The summed E-state index contributed by atoms with van der Waals surface area (Å²) in [5.74, 6) is -0.973. The van der Waals surface area contributed by atoms with E-state index in [0.29, 0.717) is 28.4 Å². The fourth-order valence-electron chi connectivity index (χ4n) is 4.95. The zero-order chi connectivity index (χ0) is 23.5. The number of aromatic nitrogens is 2. The highest BCUT2D eigenvalue weighted by molar-refractivity contribution is 6.18. The van der Waals surface area contributed by atoms with Crippen LogP contribution in [0.3, 0.4) is 0 Å². The van der Waals surface area contributed by atoms with Crippen LogP contribution in [0.25, 0.3) is 5.69 Å². The van der Waals surface area contributed by atoms with E-state index < -0.39 is 17.3 Å². The molecule has 0 saturated heterocycles. The number of nitrogens with zero attached hydrogens (tertiary/aromatic N) is 2. The molecule has 3 aromatic rings. The minimum absolute atomic E-state index is 0.0335. The summed E-state index contributed by atoms with van der Waals surface area (Å²) in [4.78, 5) is 27.1. The van der Waals surface area contributed by atoms with Crippen LogP contribution in [-0.2, 0) is 19.7 Å². The Bertz CT molecular complexity index is 1360. The van der Waals surface area contributed by atoms with Gasteiger partial charge in [0.2, 0.25) is 17.7 Å². The van der Waals surface area contributed by atoms with Gasteiger partial charge in [0, 0.05) is 11.3 Å². The van der Waals surface area contributed by atoms with Crippen LogP contribution in [0.5, 0.6) is 5.88 Å². The SMILES string of the molecule is CCOC(=O)C1=C(N)Oc2c(c(C)nn2-c2ccccc2)C12C(=O)Nc1c(C)cc(C)cc12. The van der Waals surface area contributed by atoms with Gasteiger partial charge in [-0.3, -0.25) is 4.79 Å². The van der Waals surface area contributed by atoms with Crippen molar-refractivity contribution in [3.8, 4) is 11.6 Å². The normalized spacial score (nSPS) is 18.6. The molecule has 1 spiro atoms. The number of nitrogens with two attached hydrogens (primary N) is 1. The van der Waals surface area contributed by atoms with Crippen LogP contribution in [0, 0.1) is 20.8 Å². The maximum absolute atomic E-state index is 13.9. The number of hydrogen-bond acceptors (Lipinski definition) is 6. The van der Waals surface area contributed by atoms with Crippen LogP contribution in [0.4, 0.5) is 5.69 Å². The molecule has 168 valence electrons. The van der Waals surface area contributed by atoms with Gasteiger partial charge in [0.05, 0.1) is 23.6 Å². The fourth-order valence-corrected chi connectivity index (χ4v) is 4.95. The third-order valence-corrected chi connectivity index (χ3v) is 6.16. The number of esters is 1. The smallest absolute Gasteiger partial charge is 0.341 e. The summed E-state index contributed by atoms with van der Waals surface area (Å²) in [5, 5.41) is 7.67. The zero-order valence-electron chi connectivity index (χ0n) is 18.9. The van der Waals surface area contributed by atoms with E-state index in [2.05, 4.69) is 10.4 Å². The first-order chi connectivity index (χ1) is 15.8. The van der Waals surface area contributed by atoms with Gasteiger partial charge in [-0.1, -0.05) is 35.9 Å². The number of hydrogen-bond donors (Lipinski definition) is 2. The van der Waals surface area contributed by atoms with Gasteiger partial charge in [0.15, 0.2) is 0 Å². The topological polar surface area (TPSA) is 108 Å². The third-order valence-electron chi connectivity index (χ3n) is 6.16. The first-order valence-electron chi connectivity index (χ1n) is 10.7. The first-order valence-corrected chi connectivity index (χ1v) is 10.7. The minimum Gasteiger partial charge on any atom is -0.462 e. The van der Waals surface area contributed by atoms with Gasteiger partial charge in [-0.15, -0.1) is 0 Å². The fraction of sp³-hybridized carbons (Fsp3) is 0.240. The predicted octanol–water partition coefficient (Wildman–Crippen LogP) is 3.16. The van der Waals surface area contributed by atoms with Gasteiger partial charge < -0.3 is 20.5 Å². The van der Waals surface area contributed by atoms with E-state index in [0.717, 1.165) is 16.8 Å². The molecular weight excluding hydrogens is 420 g/mol. The molecule has 0 fully saturated rings. The molecule has 1 aromatic heterocycles. The summed E-state index contributed by atoms with van der Waals surface area (Å²) >= 11 is 0. The number of carbonyl (C=O) groups excluding carboxylic acids is 2. The molecule has 1 amide bonds. The number of para-hydroxylation sites is 1. The van der Waals surface area contributed by atoms with Gasteiger partial charge >= 0.3 is 5.97 Å². The highest BCUT2D eigenvalue weighted by atomic mass is 16.5. The molecule has 8 heteroatoms. The first kappa shape index (κ1) is 20.8. The average Bonchev–Trinajstić information content (AvgIpc) is 3.24. The van der Waals surface area contributed by atoms with E-state index in [4.69, 9.17) is 15.2 Å². The molecule has 2 aliphatic rings. The van der Waals surface area contributed by atoms with Crippen molar-refractivity contribution in [1.82, 2.24) is 9.78 Å². The van der Waals surface area contributed by atoms with Crippen molar-refractivity contribution in [3.63, 3.8) is 0 Å². The van der Waals surface area contributed by atoms with Gasteiger partial charge in [-0.05, 0) is 45.4 Å². The predicted molar refractivity (Wildman–Crippen MR) is 122 cm³/mol. The van der Waals surface area contributed by atoms with Crippen molar-refractivity contribution in [2.45, 2.75) is 33.1 Å². The summed E-state index contributed by atoms with van der Waals surface area (Å²) in [6, 6.07) is 13.3. The molecule has 2 aliphatic heterocycles. The van der Waals surface area contributed by atoms with Crippen LogP contribution in [0.2, 0.25) is 0 Å². The third kappa shape index (κ3) is 2.73. The number of rotatable bonds is 3. The van der Waals surface area contributed by atoms with E-state index in [1.807, 2.05) is 56.3 Å². The van der Waals surface area contributed by atoms with Gasteiger partial charge in [0.25, 0.3) is 0 Å². The summed E-state index contributed by atoms with van der Waals surface area (Å²) in [6.07, 6.45) is 0. The van der Waals surface area contributed by atoms with E-state index >= 15 is 0 Å². The summed E-state index contributed by atoms with van der Waals surface area (Å²) in [5.41, 5.74) is 9.67. The summed E-state index contributed by atoms with van der Waals surface area (Å²) < 4.78 is 13.0. The maximum Gasteiger partial charge on any atom is 0.341 e. The second-order valence-electron chi connectivity index (χ2n) is 8.28. The molecule has 0 radical (unpaired) electrons. The molecule has 5 rings (SSSR count). The lowest BCUT2D eigenvalue weighted by Crippen LogP contribution is -2.46. The maximum atomic E-state index is 13.9. The Morgan fingerprint density at radius 1 is 1.21 bits per heavy atom. The second kappa shape index (κ2) is 7.23. The number of nitrogens with one attached hydrogen (secondary N) is 1. The van der Waals surface area contributed by atoms with E-state index in [9.17, 15) is 9.59 Å². The Labute approximate surface area is 191 Å². The molecule has 8 nitrogen and oxygen atoms in total. The van der Waals surface area contributed by atoms with Crippen molar-refractivity contribution < 1.29 is 19.1 Å². The standard InChI is InChI=1S/C25H24N4O4/c1-5-32-23(30)19-21(26)33-22-18(15(4)28-29(22)16-9-7-6-8-10-16)25(19)17-12-13(2)11-14(3)20(17)27-24(25)31/h6-12H,5,26H2,1-4H3,(H,27,31). The Morgan fingerprint density at radius 3 is 2.64 bits per heavy atom. The molecular formula is C25H24N4O4. The number of amides is 1. The largest absolute Gasteiger partial charge is 0.462 e.